The van der Waals surface area contributed by atoms with Crippen LogP contribution >= 0.6 is 0 Å². The normalized spacial score (nSPS) is 13.7. The second kappa shape index (κ2) is 5.57. The lowest BCUT2D eigenvalue weighted by Gasteiger charge is -2.18. The third-order valence-corrected chi connectivity index (χ3v) is 3.10. The number of aromatic nitrogens is 1. The van der Waals surface area contributed by atoms with E-state index in [2.05, 4.69) is 10.3 Å². The minimum absolute atomic E-state index is 0.0129. The van der Waals surface area contributed by atoms with Gasteiger partial charge in [0.1, 0.15) is 0 Å². The molecule has 5 heteroatoms. The quantitative estimate of drug-likeness (QED) is 0.911. The molecular weight excluding hydrogens is 253 g/mol. The first-order chi connectivity index (χ1) is 9.01. The van der Waals surface area contributed by atoms with E-state index in [-0.39, 0.29) is 6.42 Å². The largest absolute Gasteiger partial charge is 0.389 e. The number of benzene rings is 1. The molecule has 0 aliphatic heterocycles. The number of halogens is 3. The highest BCUT2D eigenvalue weighted by Gasteiger charge is 2.29. The highest BCUT2D eigenvalue weighted by molar-refractivity contribution is 5.84. The molecule has 102 valence electrons. The minimum atomic E-state index is -4.14. The van der Waals surface area contributed by atoms with Crippen molar-refractivity contribution < 1.29 is 13.2 Å². The number of hydrogen-bond donors (Lipinski definition) is 1. The predicted octanol–water partition coefficient (Wildman–Crippen LogP) is 3.84. The Morgan fingerprint density at radius 1 is 1.21 bits per heavy atom. The SMILES string of the molecule is CNC(CCC(F)(F)F)c1nccc2ccccc12. The van der Waals surface area contributed by atoms with Gasteiger partial charge in [0.05, 0.1) is 11.7 Å². The first-order valence-corrected chi connectivity index (χ1v) is 6.09. The Bertz CT molecular complexity index is 546. The monoisotopic (exact) mass is 268 g/mol. The molecule has 0 saturated carbocycles. The van der Waals surface area contributed by atoms with Crippen LogP contribution in [0.25, 0.3) is 10.8 Å². The highest BCUT2D eigenvalue weighted by atomic mass is 19.4. The van der Waals surface area contributed by atoms with Crippen molar-refractivity contribution in [1.82, 2.24) is 10.3 Å². The van der Waals surface area contributed by atoms with Crippen molar-refractivity contribution in [3.63, 3.8) is 0 Å². The van der Waals surface area contributed by atoms with E-state index in [9.17, 15) is 13.2 Å². The van der Waals surface area contributed by atoms with E-state index in [4.69, 9.17) is 0 Å². The maximum absolute atomic E-state index is 12.3. The van der Waals surface area contributed by atoms with Crippen LogP contribution in [-0.2, 0) is 0 Å². The van der Waals surface area contributed by atoms with E-state index in [0.717, 1.165) is 10.8 Å². The second-order valence-corrected chi connectivity index (χ2v) is 4.41. The summed E-state index contributed by atoms with van der Waals surface area (Å²) in [6.07, 6.45) is -3.33. The maximum atomic E-state index is 12.3. The summed E-state index contributed by atoms with van der Waals surface area (Å²) in [6.45, 7) is 0. The van der Waals surface area contributed by atoms with E-state index in [1.807, 2.05) is 30.3 Å². The van der Waals surface area contributed by atoms with Gasteiger partial charge in [-0.2, -0.15) is 13.2 Å². The molecule has 0 saturated heterocycles. The number of nitrogens with one attached hydrogen (secondary N) is 1. The van der Waals surface area contributed by atoms with Gasteiger partial charge in [0.2, 0.25) is 0 Å². The van der Waals surface area contributed by atoms with Crippen molar-refractivity contribution in [1.29, 1.82) is 0 Å². The molecule has 2 rings (SSSR count). The average Bonchev–Trinajstić information content (AvgIpc) is 2.38. The molecule has 1 atom stereocenters. The Kier molecular flexibility index (Phi) is 4.04. The molecule has 0 bridgehead atoms. The lowest BCUT2D eigenvalue weighted by Crippen LogP contribution is -2.20. The fraction of sp³-hybridized carbons (Fsp3) is 0.357. The van der Waals surface area contributed by atoms with Crippen LogP contribution in [0, 0.1) is 0 Å². The van der Waals surface area contributed by atoms with Crippen molar-refractivity contribution >= 4 is 10.8 Å². The summed E-state index contributed by atoms with van der Waals surface area (Å²) in [7, 11) is 1.66. The molecule has 0 radical (unpaired) electrons. The van der Waals surface area contributed by atoms with Crippen LogP contribution in [-0.4, -0.2) is 18.2 Å². The molecule has 1 N–H and O–H groups in total. The summed E-state index contributed by atoms with van der Waals surface area (Å²) in [6, 6.07) is 9.04. The van der Waals surface area contributed by atoms with Crippen LogP contribution in [0.15, 0.2) is 36.5 Å². The van der Waals surface area contributed by atoms with Crippen LogP contribution < -0.4 is 5.32 Å². The van der Waals surface area contributed by atoms with Gasteiger partial charge >= 0.3 is 6.18 Å². The van der Waals surface area contributed by atoms with Crippen molar-refractivity contribution in [3.8, 4) is 0 Å². The van der Waals surface area contributed by atoms with Crippen molar-refractivity contribution in [2.24, 2.45) is 0 Å². The number of pyridine rings is 1. The van der Waals surface area contributed by atoms with E-state index in [1.165, 1.54) is 0 Å². The summed E-state index contributed by atoms with van der Waals surface area (Å²) >= 11 is 0. The fourth-order valence-electron chi connectivity index (χ4n) is 2.15. The van der Waals surface area contributed by atoms with Gasteiger partial charge in [0.15, 0.2) is 0 Å². The van der Waals surface area contributed by atoms with Crippen molar-refractivity contribution in [3.05, 3.63) is 42.2 Å². The standard InChI is InChI=1S/C14H15F3N2/c1-18-12(6-8-14(15,16)17)13-11-5-3-2-4-10(11)7-9-19-13/h2-5,7,9,12,18H,6,8H2,1H3. The number of hydrogen-bond acceptors (Lipinski definition) is 2. The molecule has 1 aromatic carbocycles. The Morgan fingerprint density at radius 3 is 2.63 bits per heavy atom. The number of rotatable bonds is 4. The molecule has 0 amide bonds. The number of alkyl halides is 3. The number of fused-ring (bicyclic) bond motifs is 1. The van der Waals surface area contributed by atoms with Gasteiger partial charge in [-0.25, -0.2) is 0 Å². The lowest BCUT2D eigenvalue weighted by molar-refractivity contribution is -0.136. The molecule has 0 fully saturated rings. The minimum Gasteiger partial charge on any atom is -0.312 e. The Balaban J connectivity index is 2.30. The van der Waals surface area contributed by atoms with Crippen LogP contribution in [0.3, 0.4) is 0 Å². The highest BCUT2D eigenvalue weighted by Crippen LogP contribution is 2.29. The zero-order chi connectivity index (χ0) is 13.9. The molecule has 1 heterocycles. The molecule has 2 aromatic rings. The van der Waals surface area contributed by atoms with Gasteiger partial charge in [0.25, 0.3) is 0 Å². The van der Waals surface area contributed by atoms with Crippen LogP contribution in [0.2, 0.25) is 0 Å². The van der Waals surface area contributed by atoms with Crippen molar-refractivity contribution in [2.45, 2.75) is 25.1 Å². The third kappa shape index (κ3) is 3.44. The van der Waals surface area contributed by atoms with Gasteiger partial charge in [-0.05, 0) is 24.9 Å². The fourth-order valence-corrected chi connectivity index (χ4v) is 2.15. The second-order valence-electron chi connectivity index (χ2n) is 4.41. The van der Waals surface area contributed by atoms with Gasteiger partial charge in [-0.3, -0.25) is 4.98 Å². The van der Waals surface area contributed by atoms with Crippen LogP contribution in [0.4, 0.5) is 13.2 Å². The molecule has 1 aromatic heterocycles. The molecule has 2 nitrogen and oxygen atoms in total. The molecule has 1 unspecified atom stereocenters. The van der Waals surface area contributed by atoms with E-state index in [0.29, 0.717) is 5.69 Å². The molecule has 0 aliphatic rings. The number of nitrogens with zero attached hydrogens (tertiary/aromatic N) is 1. The first kappa shape index (κ1) is 13.8. The van der Waals surface area contributed by atoms with Gasteiger partial charge in [0, 0.05) is 18.0 Å². The Hall–Kier alpha value is -1.62. The van der Waals surface area contributed by atoms with Gasteiger partial charge in [-0.1, -0.05) is 24.3 Å². The van der Waals surface area contributed by atoms with Gasteiger partial charge in [-0.15, -0.1) is 0 Å². The zero-order valence-electron chi connectivity index (χ0n) is 10.5. The van der Waals surface area contributed by atoms with Crippen molar-refractivity contribution in [2.75, 3.05) is 7.05 Å². The van der Waals surface area contributed by atoms with Crippen LogP contribution in [0.1, 0.15) is 24.6 Å². The summed E-state index contributed by atoms with van der Waals surface area (Å²) in [5.41, 5.74) is 0.671. The third-order valence-electron chi connectivity index (χ3n) is 3.10. The zero-order valence-corrected chi connectivity index (χ0v) is 10.5. The van der Waals surface area contributed by atoms with E-state index >= 15 is 0 Å². The summed E-state index contributed by atoms with van der Waals surface area (Å²) in [4.78, 5) is 4.25. The summed E-state index contributed by atoms with van der Waals surface area (Å²) in [5.74, 6) is 0. The maximum Gasteiger partial charge on any atom is 0.389 e. The van der Waals surface area contributed by atoms with Gasteiger partial charge < -0.3 is 5.32 Å². The summed E-state index contributed by atoms with van der Waals surface area (Å²) < 4.78 is 37.0. The smallest absolute Gasteiger partial charge is 0.312 e. The molecular formula is C14H15F3N2. The van der Waals surface area contributed by atoms with E-state index in [1.54, 1.807) is 13.2 Å². The van der Waals surface area contributed by atoms with E-state index < -0.39 is 18.6 Å². The summed E-state index contributed by atoms with van der Waals surface area (Å²) in [5, 5.41) is 4.80. The predicted molar refractivity (Wildman–Crippen MR) is 68.8 cm³/mol. The Morgan fingerprint density at radius 2 is 1.95 bits per heavy atom. The Labute approximate surface area is 109 Å². The molecule has 19 heavy (non-hydrogen) atoms. The lowest BCUT2D eigenvalue weighted by atomic mass is 10.0. The topological polar surface area (TPSA) is 24.9 Å². The molecule has 0 aliphatic carbocycles. The molecule has 0 spiro atoms. The first-order valence-electron chi connectivity index (χ1n) is 6.09. The average molecular weight is 268 g/mol. The van der Waals surface area contributed by atoms with Crippen LogP contribution in [0.5, 0.6) is 0 Å².